The summed E-state index contributed by atoms with van der Waals surface area (Å²) in [6.07, 6.45) is 3.69. The molecule has 0 aliphatic heterocycles. The first-order chi connectivity index (χ1) is 19.0. The first kappa shape index (κ1) is 27.4. The molecule has 0 saturated heterocycles. The van der Waals surface area contributed by atoms with E-state index in [9.17, 15) is 14.4 Å². The van der Waals surface area contributed by atoms with Gasteiger partial charge in [-0.05, 0) is 95.2 Å². The van der Waals surface area contributed by atoms with Gasteiger partial charge in [0, 0.05) is 18.3 Å². The van der Waals surface area contributed by atoms with Crippen molar-refractivity contribution in [1.29, 1.82) is 0 Å². The van der Waals surface area contributed by atoms with Crippen LogP contribution in [0.15, 0.2) is 70.4 Å². The van der Waals surface area contributed by atoms with E-state index in [1.165, 1.54) is 10.1 Å². The summed E-state index contributed by atoms with van der Waals surface area (Å²) in [5.41, 5.74) is 3.72. The van der Waals surface area contributed by atoms with Crippen LogP contribution in [0.3, 0.4) is 0 Å². The van der Waals surface area contributed by atoms with Crippen molar-refractivity contribution in [2.75, 3.05) is 0 Å². The Balaban J connectivity index is 1.53. The number of alkyl carbamates (subject to hydrolysis) is 1. The summed E-state index contributed by atoms with van der Waals surface area (Å²) < 4.78 is 8.35. The maximum Gasteiger partial charge on any atom is 0.407 e. The first-order valence-electron chi connectivity index (χ1n) is 13.8. The maximum atomic E-state index is 14.1. The van der Waals surface area contributed by atoms with E-state index < -0.39 is 17.4 Å². The molecular formula is C32H36N4O4. The Morgan fingerprint density at radius 3 is 2.30 bits per heavy atom. The van der Waals surface area contributed by atoms with Crippen molar-refractivity contribution in [2.45, 2.75) is 78.0 Å². The number of amides is 1. The number of rotatable bonds is 4. The molecular weight excluding hydrogens is 504 g/mol. The van der Waals surface area contributed by atoms with E-state index in [-0.39, 0.29) is 17.6 Å². The summed E-state index contributed by atoms with van der Waals surface area (Å²) in [5.74, 6) is 0. The number of pyridine rings is 1. The molecule has 208 valence electrons. The highest BCUT2D eigenvalue weighted by Gasteiger charge is 2.29. The average molecular weight is 541 g/mol. The van der Waals surface area contributed by atoms with E-state index in [1.807, 2.05) is 58.9 Å². The van der Waals surface area contributed by atoms with Gasteiger partial charge in [0.1, 0.15) is 5.60 Å². The second-order valence-electron chi connectivity index (χ2n) is 11.7. The van der Waals surface area contributed by atoms with Crippen molar-refractivity contribution in [3.05, 3.63) is 92.8 Å². The van der Waals surface area contributed by atoms with Gasteiger partial charge in [0.2, 0.25) is 0 Å². The molecule has 1 saturated carbocycles. The Morgan fingerprint density at radius 1 is 0.925 bits per heavy atom. The lowest BCUT2D eigenvalue weighted by molar-refractivity contribution is 0.0487. The normalized spacial score (nSPS) is 17.5. The van der Waals surface area contributed by atoms with Crippen LogP contribution in [-0.4, -0.2) is 31.9 Å². The van der Waals surface area contributed by atoms with Gasteiger partial charge in [-0.15, -0.1) is 0 Å². The second kappa shape index (κ2) is 10.8. The smallest absolute Gasteiger partial charge is 0.407 e. The molecule has 2 heterocycles. The molecule has 0 radical (unpaired) electrons. The number of benzene rings is 2. The molecule has 8 heteroatoms. The number of hydrogen-bond donors (Lipinski definition) is 1. The zero-order valence-corrected chi connectivity index (χ0v) is 23.7. The number of fused-ring (bicyclic) bond motifs is 1. The zero-order valence-electron chi connectivity index (χ0n) is 23.7. The van der Waals surface area contributed by atoms with E-state index in [0.717, 1.165) is 16.7 Å². The Bertz CT molecular complexity index is 1670. The van der Waals surface area contributed by atoms with E-state index in [0.29, 0.717) is 42.4 Å². The highest BCUT2D eigenvalue weighted by molar-refractivity contribution is 5.77. The predicted octanol–water partition coefficient (Wildman–Crippen LogP) is 5.84. The summed E-state index contributed by atoms with van der Waals surface area (Å²) >= 11 is 0. The molecule has 40 heavy (non-hydrogen) atoms. The fraction of sp³-hybridized carbons (Fsp3) is 0.375. The summed E-state index contributed by atoms with van der Waals surface area (Å²) in [7, 11) is 0. The van der Waals surface area contributed by atoms with Crippen LogP contribution < -0.4 is 16.6 Å². The third-order valence-corrected chi connectivity index (χ3v) is 7.33. The predicted molar refractivity (Wildman–Crippen MR) is 157 cm³/mol. The molecule has 5 rings (SSSR count). The molecule has 1 aliphatic rings. The van der Waals surface area contributed by atoms with Crippen LogP contribution in [0.1, 0.15) is 63.6 Å². The Labute approximate surface area is 233 Å². The van der Waals surface area contributed by atoms with Gasteiger partial charge in [-0.3, -0.25) is 9.36 Å². The molecule has 1 aliphatic carbocycles. The Kier molecular flexibility index (Phi) is 7.36. The van der Waals surface area contributed by atoms with E-state index in [4.69, 9.17) is 4.74 Å². The lowest BCUT2D eigenvalue weighted by Crippen LogP contribution is -2.45. The molecule has 1 amide bonds. The Hall–Kier alpha value is -4.20. The largest absolute Gasteiger partial charge is 0.444 e. The topological polar surface area (TPSA) is 95.2 Å². The number of aromatic nitrogens is 3. The standard InChI is InChI=1S/C32H36N4O4/c1-20-9-11-22(12-10-20)23-7-6-8-26(18-23)35-28-27(17-21(2)19-33-28)29(37)36(31(35)39)25-15-13-24(14-16-25)34-30(38)40-32(3,4)5/h6-12,17-19,24-25H,13-16H2,1-5H3,(H,34,38). The quantitative estimate of drug-likeness (QED) is 0.351. The monoisotopic (exact) mass is 540 g/mol. The molecule has 1 fully saturated rings. The fourth-order valence-corrected chi connectivity index (χ4v) is 5.39. The van der Waals surface area contributed by atoms with Gasteiger partial charge in [0.15, 0.2) is 5.65 Å². The summed E-state index contributed by atoms with van der Waals surface area (Å²) in [6, 6.07) is 17.4. The Morgan fingerprint density at radius 2 is 1.62 bits per heavy atom. The van der Waals surface area contributed by atoms with Crippen LogP contribution in [0.4, 0.5) is 4.79 Å². The van der Waals surface area contributed by atoms with Crippen LogP contribution >= 0.6 is 0 Å². The van der Waals surface area contributed by atoms with Gasteiger partial charge in [-0.1, -0.05) is 42.0 Å². The summed E-state index contributed by atoms with van der Waals surface area (Å²) in [6.45, 7) is 9.41. The van der Waals surface area contributed by atoms with Crippen molar-refractivity contribution >= 4 is 17.1 Å². The van der Waals surface area contributed by atoms with Crippen LogP contribution in [0.2, 0.25) is 0 Å². The molecule has 2 aromatic carbocycles. The van der Waals surface area contributed by atoms with Crippen molar-refractivity contribution < 1.29 is 9.53 Å². The number of nitrogens with zero attached hydrogens (tertiary/aromatic N) is 3. The molecule has 1 N–H and O–H groups in total. The van der Waals surface area contributed by atoms with E-state index in [2.05, 4.69) is 34.6 Å². The lowest BCUT2D eigenvalue weighted by atomic mass is 9.91. The third kappa shape index (κ3) is 5.71. The van der Waals surface area contributed by atoms with Gasteiger partial charge in [0.05, 0.1) is 11.1 Å². The average Bonchev–Trinajstić information content (AvgIpc) is 2.90. The minimum absolute atomic E-state index is 0.0698. The van der Waals surface area contributed by atoms with Crippen LogP contribution in [-0.2, 0) is 4.74 Å². The van der Waals surface area contributed by atoms with Crippen molar-refractivity contribution in [3.63, 3.8) is 0 Å². The number of aryl methyl sites for hydroxylation is 2. The molecule has 0 spiro atoms. The van der Waals surface area contributed by atoms with Gasteiger partial charge >= 0.3 is 11.8 Å². The van der Waals surface area contributed by atoms with Crippen molar-refractivity contribution in [3.8, 4) is 16.8 Å². The number of nitrogens with one attached hydrogen (secondary N) is 1. The van der Waals surface area contributed by atoms with Gasteiger partial charge in [0.25, 0.3) is 5.56 Å². The van der Waals surface area contributed by atoms with E-state index >= 15 is 0 Å². The molecule has 8 nitrogen and oxygen atoms in total. The van der Waals surface area contributed by atoms with Gasteiger partial charge in [-0.2, -0.15) is 0 Å². The van der Waals surface area contributed by atoms with Gasteiger partial charge in [-0.25, -0.2) is 19.1 Å². The summed E-state index contributed by atoms with van der Waals surface area (Å²) in [5, 5.41) is 3.35. The number of ether oxygens (including phenoxy) is 1. The molecule has 2 aromatic heterocycles. The highest BCUT2D eigenvalue weighted by atomic mass is 16.6. The van der Waals surface area contributed by atoms with Crippen LogP contribution in [0.5, 0.6) is 0 Å². The molecule has 0 bridgehead atoms. The molecule has 4 aromatic rings. The number of hydrogen-bond acceptors (Lipinski definition) is 5. The second-order valence-corrected chi connectivity index (χ2v) is 11.7. The summed E-state index contributed by atoms with van der Waals surface area (Å²) in [4.78, 5) is 44.6. The third-order valence-electron chi connectivity index (χ3n) is 7.33. The zero-order chi connectivity index (χ0) is 28.6. The van der Waals surface area contributed by atoms with Crippen LogP contribution in [0.25, 0.3) is 27.8 Å². The maximum absolute atomic E-state index is 14.1. The highest BCUT2D eigenvalue weighted by Crippen LogP contribution is 2.28. The van der Waals surface area contributed by atoms with Gasteiger partial charge < -0.3 is 10.1 Å². The molecule has 0 unspecified atom stereocenters. The van der Waals surface area contributed by atoms with E-state index in [1.54, 1.807) is 16.8 Å². The van der Waals surface area contributed by atoms with Crippen LogP contribution in [0, 0.1) is 13.8 Å². The molecule has 0 atom stereocenters. The SMILES string of the molecule is Cc1ccc(-c2cccc(-n3c(=O)n(C4CCC(NC(=O)OC(C)(C)C)CC4)c(=O)c4cc(C)cnc43)c2)cc1. The number of carbonyl (C=O) groups excluding carboxylic acids is 1. The number of carbonyl (C=O) groups is 1. The van der Waals surface area contributed by atoms with Crippen molar-refractivity contribution in [1.82, 2.24) is 19.4 Å². The minimum atomic E-state index is -0.576. The first-order valence-corrected chi connectivity index (χ1v) is 13.8. The minimum Gasteiger partial charge on any atom is -0.444 e. The lowest BCUT2D eigenvalue weighted by Gasteiger charge is -2.31. The fourth-order valence-electron chi connectivity index (χ4n) is 5.39. The van der Waals surface area contributed by atoms with Crippen molar-refractivity contribution in [2.24, 2.45) is 0 Å².